The van der Waals surface area contributed by atoms with E-state index in [4.69, 9.17) is 0 Å². The van der Waals surface area contributed by atoms with Crippen LogP contribution in [0.2, 0.25) is 0 Å². The predicted octanol–water partition coefficient (Wildman–Crippen LogP) is 4.51. The van der Waals surface area contributed by atoms with Crippen LogP contribution >= 0.6 is 0 Å². The van der Waals surface area contributed by atoms with E-state index in [0.29, 0.717) is 12.1 Å². The Kier molecular flexibility index (Phi) is 5.42. The quantitative estimate of drug-likeness (QED) is 0.699. The number of carbonyl (C=O) groups is 1. The molecule has 0 aliphatic heterocycles. The maximum Gasteiger partial charge on any atom is 0.257 e. The van der Waals surface area contributed by atoms with Gasteiger partial charge in [0.2, 0.25) is 0 Å². The fourth-order valence-corrected chi connectivity index (χ4v) is 2.49. The Morgan fingerprint density at radius 3 is 2.40 bits per heavy atom. The van der Waals surface area contributed by atoms with Crippen molar-refractivity contribution in [3.63, 3.8) is 0 Å². The van der Waals surface area contributed by atoms with E-state index in [1.54, 1.807) is 12.4 Å². The van der Waals surface area contributed by atoms with Crippen molar-refractivity contribution in [2.45, 2.75) is 19.9 Å². The molecule has 3 aromatic rings. The molecule has 0 fully saturated rings. The van der Waals surface area contributed by atoms with Gasteiger partial charge in [0.05, 0.1) is 11.3 Å². The lowest BCUT2D eigenvalue weighted by Gasteiger charge is -2.09. The van der Waals surface area contributed by atoms with Crippen molar-refractivity contribution >= 4 is 17.3 Å². The van der Waals surface area contributed by atoms with Crippen molar-refractivity contribution in [3.05, 3.63) is 89.7 Å². The van der Waals surface area contributed by atoms with Gasteiger partial charge in [-0.1, -0.05) is 49.4 Å². The zero-order valence-electron chi connectivity index (χ0n) is 14.2. The maximum atomic E-state index is 12.4. The summed E-state index contributed by atoms with van der Waals surface area (Å²) in [5, 5.41) is 6.20. The number of hydrogen-bond donors (Lipinski definition) is 2. The molecule has 25 heavy (non-hydrogen) atoms. The first-order valence-corrected chi connectivity index (χ1v) is 8.38. The summed E-state index contributed by atoms with van der Waals surface area (Å²) in [5.41, 5.74) is 4.54. The van der Waals surface area contributed by atoms with Gasteiger partial charge in [-0.25, -0.2) is 0 Å². The van der Waals surface area contributed by atoms with Gasteiger partial charge in [-0.15, -0.1) is 0 Å². The first kappa shape index (κ1) is 16.7. The van der Waals surface area contributed by atoms with Crippen LogP contribution in [0.3, 0.4) is 0 Å². The lowest BCUT2D eigenvalue weighted by molar-refractivity contribution is 0.102. The number of benzene rings is 2. The second-order valence-corrected chi connectivity index (χ2v) is 5.81. The third kappa shape index (κ3) is 4.67. The minimum absolute atomic E-state index is 0.167. The van der Waals surface area contributed by atoms with E-state index in [1.807, 2.05) is 48.5 Å². The number of nitrogens with zero attached hydrogens (tertiary/aromatic N) is 1. The van der Waals surface area contributed by atoms with E-state index >= 15 is 0 Å². The average molecular weight is 331 g/mol. The predicted molar refractivity (Wildman–Crippen MR) is 102 cm³/mol. The van der Waals surface area contributed by atoms with E-state index in [2.05, 4.69) is 34.7 Å². The first-order chi connectivity index (χ1) is 12.2. The topological polar surface area (TPSA) is 54.0 Å². The van der Waals surface area contributed by atoms with Crippen LogP contribution in [0.15, 0.2) is 73.1 Å². The highest BCUT2D eigenvalue weighted by molar-refractivity contribution is 6.04. The average Bonchev–Trinajstić information content (AvgIpc) is 2.68. The molecule has 0 aliphatic carbocycles. The number of carbonyl (C=O) groups excluding carboxylic acids is 1. The highest BCUT2D eigenvalue weighted by atomic mass is 16.1. The molecule has 4 nitrogen and oxygen atoms in total. The molecule has 0 atom stereocenters. The molecule has 4 heteroatoms. The summed E-state index contributed by atoms with van der Waals surface area (Å²) in [6.07, 6.45) is 4.27. The van der Waals surface area contributed by atoms with Crippen LogP contribution in [0.5, 0.6) is 0 Å². The summed E-state index contributed by atoms with van der Waals surface area (Å²) in [5.74, 6) is -0.167. The molecule has 0 unspecified atom stereocenters. The largest absolute Gasteiger partial charge is 0.380 e. The van der Waals surface area contributed by atoms with Gasteiger partial charge >= 0.3 is 0 Å². The number of pyridine rings is 1. The molecule has 0 aliphatic rings. The SMILES string of the molecule is CCc1ccc(NC(=O)c2cncc(NCc3ccccc3)c2)cc1. The van der Waals surface area contributed by atoms with Gasteiger partial charge < -0.3 is 10.6 Å². The highest BCUT2D eigenvalue weighted by Gasteiger charge is 2.07. The third-order valence-corrected chi connectivity index (χ3v) is 3.96. The fraction of sp³-hybridized carbons (Fsp3) is 0.143. The minimum atomic E-state index is -0.167. The Morgan fingerprint density at radius 1 is 0.920 bits per heavy atom. The van der Waals surface area contributed by atoms with Crippen LogP contribution in [-0.4, -0.2) is 10.9 Å². The lowest BCUT2D eigenvalue weighted by Crippen LogP contribution is -2.12. The van der Waals surface area contributed by atoms with Gasteiger partial charge in [-0.2, -0.15) is 0 Å². The van der Waals surface area contributed by atoms with Gasteiger partial charge in [0.15, 0.2) is 0 Å². The smallest absolute Gasteiger partial charge is 0.257 e. The van der Waals surface area contributed by atoms with Gasteiger partial charge in [0, 0.05) is 24.6 Å². The maximum absolute atomic E-state index is 12.4. The zero-order valence-corrected chi connectivity index (χ0v) is 14.2. The molecule has 2 N–H and O–H groups in total. The van der Waals surface area contributed by atoms with Crippen molar-refractivity contribution in [3.8, 4) is 0 Å². The van der Waals surface area contributed by atoms with Crippen LogP contribution in [0.25, 0.3) is 0 Å². The molecule has 0 saturated carbocycles. The number of rotatable bonds is 6. The molecular formula is C21H21N3O. The van der Waals surface area contributed by atoms with Crippen LogP contribution < -0.4 is 10.6 Å². The van der Waals surface area contributed by atoms with Crippen LogP contribution in [0.4, 0.5) is 11.4 Å². The molecule has 0 saturated heterocycles. The van der Waals surface area contributed by atoms with E-state index in [-0.39, 0.29) is 5.91 Å². The molecule has 1 amide bonds. The van der Waals surface area contributed by atoms with Crippen molar-refractivity contribution in [1.82, 2.24) is 4.98 Å². The zero-order chi connectivity index (χ0) is 17.5. The molecule has 0 radical (unpaired) electrons. The molecule has 0 spiro atoms. The third-order valence-electron chi connectivity index (χ3n) is 3.96. The number of anilines is 2. The van der Waals surface area contributed by atoms with Crippen molar-refractivity contribution in [1.29, 1.82) is 0 Å². The van der Waals surface area contributed by atoms with Crippen LogP contribution in [0.1, 0.15) is 28.4 Å². The van der Waals surface area contributed by atoms with E-state index in [9.17, 15) is 4.79 Å². The molecule has 1 heterocycles. The summed E-state index contributed by atoms with van der Waals surface area (Å²) in [6, 6.07) is 19.8. The lowest BCUT2D eigenvalue weighted by atomic mass is 10.1. The van der Waals surface area contributed by atoms with Crippen LogP contribution in [0, 0.1) is 0 Å². The first-order valence-electron chi connectivity index (χ1n) is 8.38. The van der Waals surface area contributed by atoms with Crippen molar-refractivity contribution < 1.29 is 4.79 Å². The highest BCUT2D eigenvalue weighted by Crippen LogP contribution is 2.14. The Balaban J connectivity index is 1.64. The second-order valence-electron chi connectivity index (χ2n) is 5.81. The molecule has 0 bridgehead atoms. The molecule has 1 aromatic heterocycles. The summed E-state index contributed by atoms with van der Waals surface area (Å²) >= 11 is 0. The van der Waals surface area contributed by atoms with Crippen molar-refractivity contribution in [2.75, 3.05) is 10.6 Å². The minimum Gasteiger partial charge on any atom is -0.380 e. The monoisotopic (exact) mass is 331 g/mol. The molecular weight excluding hydrogens is 310 g/mol. The molecule has 2 aromatic carbocycles. The summed E-state index contributed by atoms with van der Waals surface area (Å²) in [4.78, 5) is 16.6. The number of amides is 1. The Bertz CT molecular complexity index is 829. The Labute approximate surface area is 147 Å². The van der Waals surface area contributed by atoms with E-state index < -0.39 is 0 Å². The van der Waals surface area contributed by atoms with Crippen LogP contribution in [-0.2, 0) is 13.0 Å². The Morgan fingerprint density at radius 2 is 1.68 bits per heavy atom. The van der Waals surface area contributed by atoms with Gasteiger partial charge in [0.25, 0.3) is 5.91 Å². The van der Waals surface area contributed by atoms with Crippen molar-refractivity contribution in [2.24, 2.45) is 0 Å². The number of nitrogens with one attached hydrogen (secondary N) is 2. The molecule has 3 rings (SSSR count). The summed E-state index contributed by atoms with van der Waals surface area (Å²) in [7, 11) is 0. The Hall–Kier alpha value is -3.14. The van der Waals surface area contributed by atoms with Gasteiger partial charge in [-0.3, -0.25) is 9.78 Å². The van der Waals surface area contributed by atoms with Gasteiger partial charge in [0.1, 0.15) is 0 Å². The number of aryl methyl sites for hydroxylation is 1. The second kappa shape index (κ2) is 8.11. The number of aromatic nitrogens is 1. The number of hydrogen-bond acceptors (Lipinski definition) is 3. The molecule has 126 valence electrons. The normalized spacial score (nSPS) is 10.3. The summed E-state index contributed by atoms with van der Waals surface area (Å²) in [6.45, 7) is 2.79. The van der Waals surface area contributed by atoms with E-state index in [1.165, 1.54) is 11.1 Å². The standard InChI is InChI=1S/C21H21N3O/c1-2-16-8-10-19(11-9-16)24-21(25)18-12-20(15-22-14-18)23-13-17-6-4-3-5-7-17/h3-12,14-15,23H,2,13H2,1H3,(H,24,25). The summed E-state index contributed by atoms with van der Waals surface area (Å²) < 4.78 is 0. The van der Waals surface area contributed by atoms with Gasteiger partial charge in [-0.05, 0) is 35.7 Å². The van der Waals surface area contributed by atoms with E-state index in [0.717, 1.165) is 17.8 Å². The fourth-order valence-electron chi connectivity index (χ4n) is 2.49.